The first kappa shape index (κ1) is 11.6. The molecule has 1 aromatic rings. The Morgan fingerprint density at radius 2 is 2.06 bits per heavy atom. The first-order chi connectivity index (χ1) is 7.61. The normalized spacial score (nSPS) is 24.8. The van der Waals surface area contributed by atoms with Crippen molar-refractivity contribution in [3.8, 4) is 0 Å². The second-order valence-electron chi connectivity index (χ2n) is 5.39. The highest BCUT2D eigenvalue weighted by atomic mass is 16.8. The Morgan fingerprint density at radius 1 is 1.38 bits per heavy atom. The molecule has 0 spiro atoms. The third kappa shape index (κ3) is 2.61. The van der Waals surface area contributed by atoms with Gasteiger partial charge in [-0.2, -0.15) is 11.0 Å². The summed E-state index contributed by atoms with van der Waals surface area (Å²) in [7, 11) is 0. The summed E-state index contributed by atoms with van der Waals surface area (Å²) >= 11 is 0. The third-order valence-electron chi connectivity index (χ3n) is 3.23. The molecule has 1 aromatic carbocycles. The van der Waals surface area contributed by atoms with E-state index in [4.69, 9.17) is 10.8 Å². The molecular formula is C13H20N2O. The van der Waals surface area contributed by atoms with Crippen molar-refractivity contribution in [2.45, 2.75) is 32.7 Å². The van der Waals surface area contributed by atoms with Crippen molar-refractivity contribution in [1.29, 1.82) is 0 Å². The van der Waals surface area contributed by atoms with Crippen LogP contribution in [0.25, 0.3) is 0 Å². The van der Waals surface area contributed by atoms with Crippen LogP contribution < -0.4 is 5.90 Å². The molecule has 1 aliphatic rings. The zero-order valence-corrected chi connectivity index (χ0v) is 10.0. The van der Waals surface area contributed by atoms with Crippen molar-refractivity contribution in [1.82, 2.24) is 5.06 Å². The molecule has 0 saturated carbocycles. The zero-order chi connectivity index (χ0) is 11.6. The van der Waals surface area contributed by atoms with E-state index < -0.39 is 0 Å². The standard InChI is InChI=1S/C13H20N2O/c1-13(2)9-12(15(10-13)16-14)8-11-6-4-3-5-7-11/h3-7,12H,8-10,14H2,1-2H3. The first-order valence-corrected chi connectivity index (χ1v) is 5.78. The summed E-state index contributed by atoms with van der Waals surface area (Å²) in [4.78, 5) is 4.96. The monoisotopic (exact) mass is 220 g/mol. The van der Waals surface area contributed by atoms with Gasteiger partial charge in [-0.3, -0.25) is 0 Å². The van der Waals surface area contributed by atoms with Crippen LogP contribution in [-0.2, 0) is 11.4 Å². The lowest BCUT2D eigenvalue weighted by molar-refractivity contribution is -0.175. The SMILES string of the molecule is CC1(C)CC(Cc2ccccc2)N(ON)C1. The molecule has 0 aromatic heterocycles. The number of hydroxylamine groups is 2. The average molecular weight is 220 g/mol. The molecule has 1 atom stereocenters. The highest BCUT2D eigenvalue weighted by molar-refractivity contribution is 5.16. The molecule has 0 aliphatic carbocycles. The maximum Gasteiger partial charge on any atom is 0.0417 e. The Kier molecular flexibility index (Phi) is 3.28. The molecule has 3 heteroatoms. The lowest BCUT2D eigenvalue weighted by Gasteiger charge is -2.20. The minimum atomic E-state index is 0.290. The number of benzene rings is 1. The third-order valence-corrected chi connectivity index (χ3v) is 3.23. The van der Waals surface area contributed by atoms with Crippen LogP contribution in [0, 0.1) is 5.41 Å². The van der Waals surface area contributed by atoms with Crippen LogP contribution in [0.1, 0.15) is 25.8 Å². The summed E-state index contributed by atoms with van der Waals surface area (Å²) in [5, 5.41) is 1.91. The van der Waals surface area contributed by atoms with Gasteiger partial charge in [-0.05, 0) is 23.8 Å². The summed E-state index contributed by atoms with van der Waals surface area (Å²) in [6.45, 7) is 5.41. The van der Waals surface area contributed by atoms with E-state index in [9.17, 15) is 0 Å². The number of hydrogen-bond acceptors (Lipinski definition) is 3. The second-order valence-corrected chi connectivity index (χ2v) is 5.39. The van der Waals surface area contributed by atoms with Gasteiger partial charge in [0.15, 0.2) is 0 Å². The van der Waals surface area contributed by atoms with E-state index in [-0.39, 0.29) is 0 Å². The molecule has 1 heterocycles. The molecule has 1 saturated heterocycles. The van der Waals surface area contributed by atoms with Crippen molar-refractivity contribution < 1.29 is 4.94 Å². The van der Waals surface area contributed by atoms with Gasteiger partial charge in [-0.25, -0.2) is 4.94 Å². The highest BCUT2D eigenvalue weighted by Gasteiger charge is 2.38. The molecule has 2 N–H and O–H groups in total. The first-order valence-electron chi connectivity index (χ1n) is 5.78. The van der Waals surface area contributed by atoms with Crippen LogP contribution in [0.15, 0.2) is 30.3 Å². The van der Waals surface area contributed by atoms with E-state index in [1.54, 1.807) is 0 Å². The molecular weight excluding hydrogens is 200 g/mol. The van der Waals surface area contributed by atoms with E-state index in [1.807, 2.05) is 11.1 Å². The van der Waals surface area contributed by atoms with E-state index in [0.29, 0.717) is 11.5 Å². The van der Waals surface area contributed by atoms with Crippen molar-refractivity contribution in [3.63, 3.8) is 0 Å². The van der Waals surface area contributed by atoms with Gasteiger partial charge in [0.25, 0.3) is 0 Å². The Morgan fingerprint density at radius 3 is 2.69 bits per heavy atom. The predicted molar refractivity (Wildman–Crippen MR) is 64.3 cm³/mol. The highest BCUT2D eigenvalue weighted by Crippen LogP contribution is 2.34. The van der Waals surface area contributed by atoms with Gasteiger partial charge in [0, 0.05) is 12.6 Å². The summed E-state index contributed by atoms with van der Waals surface area (Å²) in [6, 6.07) is 10.9. The molecule has 0 amide bonds. The molecule has 0 radical (unpaired) electrons. The van der Waals surface area contributed by atoms with Gasteiger partial charge in [0.1, 0.15) is 0 Å². The van der Waals surface area contributed by atoms with Gasteiger partial charge in [-0.1, -0.05) is 44.2 Å². The number of nitrogens with two attached hydrogens (primary N) is 1. The van der Waals surface area contributed by atoms with Crippen LogP contribution in [0.3, 0.4) is 0 Å². The minimum Gasteiger partial charge on any atom is -0.214 e. The maximum absolute atomic E-state index is 5.32. The number of hydrogen-bond donors (Lipinski definition) is 1. The average Bonchev–Trinajstić information content (AvgIpc) is 2.54. The predicted octanol–water partition coefficient (Wildman–Crippen LogP) is 2.13. The van der Waals surface area contributed by atoms with Gasteiger partial charge < -0.3 is 0 Å². The van der Waals surface area contributed by atoms with Gasteiger partial charge >= 0.3 is 0 Å². The Bertz CT molecular complexity index is 337. The molecule has 16 heavy (non-hydrogen) atoms. The van der Waals surface area contributed by atoms with E-state index in [2.05, 4.69) is 38.1 Å². The molecule has 1 fully saturated rings. The quantitative estimate of drug-likeness (QED) is 0.793. The Labute approximate surface area is 97.1 Å². The molecule has 1 aliphatic heterocycles. The van der Waals surface area contributed by atoms with Gasteiger partial charge in [0.2, 0.25) is 0 Å². The molecule has 0 bridgehead atoms. The fourth-order valence-corrected chi connectivity index (χ4v) is 2.54. The number of rotatable bonds is 3. The molecule has 2 rings (SSSR count). The van der Waals surface area contributed by atoms with E-state index in [0.717, 1.165) is 19.4 Å². The lowest BCUT2D eigenvalue weighted by Crippen LogP contribution is -2.34. The second kappa shape index (κ2) is 4.53. The fraction of sp³-hybridized carbons (Fsp3) is 0.538. The van der Waals surface area contributed by atoms with Crippen LogP contribution in [-0.4, -0.2) is 17.6 Å². The Balaban J connectivity index is 2.04. The van der Waals surface area contributed by atoms with Crippen LogP contribution in [0.2, 0.25) is 0 Å². The molecule has 88 valence electrons. The van der Waals surface area contributed by atoms with Crippen molar-refractivity contribution >= 4 is 0 Å². The van der Waals surface area contributed by atoms with Crippen molar-refractivity contribution in [2.24, 2.45) is 11.3 Å². The van der Waals surface area contributed by atoms with Crippen LogP contribution >= 0.6 is 0 Å². The zero-order valence-electron chi connectivity index (χ0n) is 10.0. The number of nitrogens with zero attached hydrogens (tertiary/aromatic N) is 1. The fourth-order valence-electron chi connectivity index (χ4n) is 2.54. The van der Waals surface area contributed by atoms with Crippen molar-refractivity contribution in [2.75, 3.05) is 6.54 Å². The largest absolute Gasteiger partial charge is 0.214 e. The minimum absolute atomic E-state index is 0.290. The molecule has 1 unspecified atom stereocenters. The van der Waals surface area contributed by atoms with Gasteiger partial charge in [0.05, 0.1) is 0 Å². The topological polar surface area (TPSA) is 38.5 Å². The van der Waals surface area contributed by atoms with Crippen LogP contribution in [0.5, 0.6) is 0 Å². The summed E-state index contributed by atoms with van der Waals surface area (Å²) in [5.74, 6) is 5.32. The maximum atomic E-state index is 5.32. The smallest absolute Gasteiger partial charge is 0.0417 e. The molecule has 3 nitrogen and oxygen atoms in total. The van der Waals surface area contributed by atoms with Gasteiger partial charge in [-0.15, -0.1) is 0 Å². The van der Waals surface area contributed by atoms with E-state index in [1.165, 1.54) is 5.56 Å². The van der Waals surface area contributed by atoms with E-state index >= 15 is 0 Å². The lowest BCUT2D eigenvalue weighted by atomic mass is 9.89. The summed E-state index contributed by atoms with van der Waals surface area (Å²) in [5.41, 5.74) is 1.63. The van der Waals surface area contributed by atoms with Crippen LogP contribution in [0.4, 0.5) is 0 Å². The summed E-state index contributed by atoms with van der Waals surface area (Å²) in [6.07, 6.45) is 2.13. The van der Waals surface area contributed by atoms with Crippen molar-refractivity contribution in [3.05, 3.63) is 35.9 Å². The summed E-state index contributed by atoms with van der Waals surface area (Å²) < 4.78 is 0. The Hall–Kier alpha value is -0.900.